The van der Waals surface area contributed by atoms with Crippen molar-refractivity contribution in [3.8, 4) is 23.1 Å². The van der Waals surface area contributed by atoms with E-state index < -0.39 is 11.8 Å². The first-order chi connectivity index (χ1) is 19.8. The molecule has 2 aromatic carbocycles. The standard InChI is InChI=1S/C31H34ClN5O4/c1-21-20-41-16-15-35(21)12-2-13-37-28-11-14-36(31(40)30(33)39)18-26(28)29(34-37)25-9-10-27(32)24(17-25)8-7-22-3-5-23(19-38)6-4-22/h3-6,9-10,17,21,38H,2,11-16,18-20H2,1H3,(H2,33,39)/t21-/m0/s1. The first-order valence-corrected chi connectivity index (χ1v) is 14.2. The van der Waals surface area contributed by atoms with Gasteiger partial charge in [0.25, 0.3) is 0 Å². The van der Waals surface area contributed by atoms with Crippen molar-refractivity contribution in [2.75, 3.05) is 32.8 Å². The van der Waals surface area contributed by atoms with Crippen molar-refractivity contribution in [1.82, 2.24) is 19.6 Å². The number of hydrogen-bond acceptors (Lipinski definition) is 6. The minimum absolute atomic E-state index is 0.0205. The van der Waals surface area contributed by atoms with E-state index in [2.05, 4.69) is 23.7 Å². The summed E-state index contributed by atoms with van der Waals surface area (Å²) in [6.45, 7) is 6.94. The minimum atomic E-state index is -0.960. The third kappa shape index (κ3) is 6.63. The molecule has 2 aliphatic rings. The average molecular weight is 576 g/mol. The SMILES string of the molecule is C[C@H]1COCCN1CCCn1nc(-c2ccc(Cl)c(C#Cc3ccc(CO)cc3)c2)c2c1CCN(C(=O)C(N)=O)C2. The van der Waals surface area contributed by atoms with E-state index in [1.54, 1.807) is 6.07 Å². The smallest absolute Gasteiger partial charge is 0.311 e. The number of fused-ring (bicyclic) bond motifs is 1. The Bertz CT molecular complexity index is 1490. The van der Waals surface area contributed by atoms with Gasteiger partial charge in [0, 0.05) is 66.6 Å². The number of nitrogens with two attached hydrogens (primary N) is 1. The van der Waals surface area contributed by atoms with Gasteiger partial charge in [-0.05, 0) is 43.2 Å². The number of rotatable bonds is 6. The Morgan fingerprint density at radius 2 is 1.95 bits per heavy atom. The molecule has 1 aromatic heterocycles. The number of aryl methyl sites for hydroxylation is 1. The molecule has 0 spiro atoms. The first-order valence-electron chi connectivity index (χ1n) is 13.8. The van der Waals surface area contributed by atoms with Crippen LogP contribution >= 0.6 is 11.6 Å². The summed E-state index contributed by atoms with van der Waals surface area (Å²) < 4.78 is 7.61. The molecule has 3 heterocycles. The molecule has 3 aromatic rings. The highest BCUT2D eigenvalue weighted by Crippen LogP contribution is 2.32. The molecule has 0 saturated carbocycles. The third-order valence-corrected chi connectivity index (χ3v) is 8.00. The van der Waals surface area contributed by atoms with Crippen LogP contribution in [0.15, 0.2) is 42.5 Å². The minimum Gasteiger partial charge on any atom is -0.392 e. The fraction of sp³-hybridized carbons (Fsp3) is 0.387. The number of hydrogen-bond donors (Lipinski definition) is 2. The normalized spacial score (nSPS) is 17.0. The molecule has 1 saturated heterocycles. The lowest BCUT2D eigenvalue weighted by Crippen LogP contribution is -2.44. The maximum absolute atomic E-state index is 12.5. The fourth-order valence-electron chi connectivity index (χ4n) is 5.36. The van der Waals surface area contributed by atoms with Crippen LogP contribution in [-0.2, 0) is 40.4 Å². The second-order valence-electron chi connectivity index (χ2n) is 10.5. The predicted octanol–water partition coefficient (Wildman–Crippen LogP) is 2.58. The number of carbonyl (C=O) groups excluding carboxylic acids is 2. The van der Waals surface area contributed by atoms with Crippen molar-refractivity contribution >= 4 is 23.4 Å². The second-order valence-corrected chi connectivity index (χ2v) is 10.9. The highest BCUT2D eigenvalue weighted by Gasteiger charge is 2.30. The molecule has 214 valence electrons. The molecule has 0 unspecified atom stereocenters. The van der Waals surface area contributed by atoms with Crippen LogP contribution in [0.25, 0.3) is 11.3 Å². The molecule has 1 atom stereocenters. The first kappa shape index (κ1) is 28.8. The summed E-state index contributed by atoms with van der Waals surface area (Å²) in [7, 11) is 0. The van der Waals surface area contributed by atoms with Gasteiger partial charge in [-0.15, -0.1) is 0 Å². The molecule has 2 amide bonds. The van der Waals surface area contributed by atoms with Crippen LogP contribution in [0.2, 0.25) is 5.02 Å². The van der Waals surface area contributed by atoms with Gasteiger partial charge >= 0.3 is 11.8 Å². The maximum atomic E-state index is 12.5. The summed E-state index contributed by atoms with van der Waals surface area (Å²) in [5.74, 6) is 4.65. The van der Waals surface area contributed by atoms with Crippen LogP contribution in [-0.4, -0.2) is 75.4 Å². The van der Waals surface area contributed by atoms with Crippen LogP contribution in [0, 0.1) is 11.8 Å². The fourth-order valence-corrected chi connectivity index (χ4v) is 5.52. The zero-order chi connectivity index (χ0) is 28.9. The molecular formula is C31H34ClN5O4. The summed E-state index contributed by atoms with van der Waals surface area (Å²) in [6, 6.07) is 13.4. The van der Waals surface area contributed by atoms with Crippen molar-refractivity contribution in [3.05, 3.63) is 75.4 Å². The Kier molecular flexibility index (Phi) is 9.06. The number of amides is 2. The van der Waals surface area contributed by atoms with Crippen LogP contribution in [0.4, 0.5) is 0 Å². The van der Waals surface area contributed by atoms with E-state index in [1.807, 2.05) is 41.1 Å². The molecule has 1 fully saturated rings. The van der Waals surface area contributed by atoms with Gasteiger partial charge in [-0.3, -0.25) is 19.2 Å². The summed E-state index contributed by atoms with van der Waals surface area (Å²) >= 11 is 6.52. The Morgan fingerprint density at radius 3 is 2.68 bits per heavy atom. The summed E-state index contributed by atoms with van der Waals surface area (Å²) in [6.07, 6.45) is 1.51. The van der Waals surface area contributed by atoms with E-state index >= 15 is 0 Å². The van der Waals surface area contributed by atoms with Gasteiger partial charge in [0.05, 0.1) is 37.1 Å². The Labute approximate surface area is 244 Å². The number of morpholine rings is 1. The molecular weight excluding hydrogens is 542 g/mol. The van der Waals surface area contributed by atoms with Crippen LogP contribution < -0.4 is 5.73 Å². The van der Waals surface area contributed by atoms with Gasteiger partial charge in [-0.25, -0.2) is 0 Å². The Balaban J connectivity index is 1.44. The van der Waals surface area contributed by atoms with Gasteiger partial charge in [0.1, 0.15) is 0 Å². The number of benzene rings is 2. The third-order valence-electron chi connectivity index (χ3n) is 7.67. The number of ether oxygens (including phenoxy) is 1. The largest absolute Gasteiger partial charge is 0.392 e. The average Bonchev–Trinajstić information content (AvgIpc) is 3.35. The lowest BCUT2D eigenvalue weighted by molar-refractivity contribution is -0.144. The highest BCUT2D eigenvalue weighted by atomic mass is 35.5. The van der Waals surface area contributed by atoms with Crippen molar-refractivity contribution in [2.24, 2.45) is 5.73 Å². The molecule has 0 radical (unpaired) electrons. The Morgan fingerprint density at radius 1 is 1.15 bits per heavy atom. The number of primary amides is 1. The van der Waals surface area contributed by atoms with Crippen LogP contribution in [0.5, 0.6) is 0 Å². The van der Waals surface area contributed by atoms with Crippen LogP contribution in [0.3, 0.4) is 0 Å². The highest BCUT2D eigenvalue weighted by molar-refractivity contribution is 6.34. The number of carbonyl (C=O) groups is 2. The molecule has 2 aliphatic heterocycles. The quantitative estimate of drug-likeness (QED) is 0.345. The lowest BCUT2D eigenvalue weighted by Gasteiger charge is -2.33. The molecule has 0 aliphatic carbocycles. The number of aliphatic hydroxyl groups is 1. The van der Waals surface area contributed by atoms with E-state index in [4.69, 9.17) is 27.2 Å². The van der Waals surface area contributed by atoms with Crippen molar-refractivity contribution in [1.29, 1.82) is 0 Å². The summed E-state index contributed by atoms with van der Waals surface area (Å²) in [4.78, 5) is 28.0. The number of aliphatic hydroxyl groups excluding tert-OH is 1. The zero-order valence-corrected chi connectivity index (χ0v) is 23.9. The molecule has 10 heteroatoms. The van der Waals surface area contributed by atoms with E-state index in [0.29, 0.717) is 29.6 Å². The topological polar surface area (TPSA) is 114 Å². The lowest BCUT2D eigenvalue weighted by atomic mass is 9.99. The monoisotopic (exact) mass is 575 g/mol. The number of aromatic nitrogens is 2. The second kappa shape index (κ2) is 12.9. The predicted molar refractivity (Wildman–Crippen MR) is 156 cm³/mol. The van der Waals surface area contributed by atoms with Gasteiger partial charge in [-0.1, -0.05) is 41.6 Å². The van der Waals surface area contributed by atoms with E-state index in [1.165, 1.54) is 4.90 Å². The molecule has 9 nitrogen and oxygen atoms in total. The van der Waals surface area contributed by atoms with Crippen molar-refractivity contribution in [3.63, 3.8) is 0 Å². The van der Waals surface area contributed by atoms with Crippen LogP contribution in [0.1, 0.15) is 41.3 Å². The zero-order valence-electron chi connectivity index (χ0n) is 23.1. The van der Waals surface area contributed by atoms with E-state index in [-0.39, 0.29) is 13.2 Å². The summed E-state index contributed by atoms with van der Waals surface area (Å²) in [5, 5.41) is 14.8. The molecule has 41 heavy (non-hydrogen) atoms. The van der Waals surface area contributed by atoms with Gasteiger partial charge in [0.2, 0.25) is 0 Å². The maximum Gasteiger partial charge on any atom is 0.311 e. The number of nitrogens with zero attached hydrogens (tertiary/aromatic N) is 4. The summed E-state index contributed by atoms with van der Waals surface area (Å²) in [5.41, 5.74) is 11.1. The Hall–Kier alpha value is -3.68. The van der Waals surface area contributed by atoms with Gasteiger partial charge < -0.3 is 20.5 Å². The van der Waals surface area contributed by atoms with E-state index in [0.717, 1.165) is 72.9 Å². The van der Waals surface area contributed by atoms with Gasteiger partial charge in [0.15, 0.2) is 0 Å². The van der Waals surface area contributed by atoms with E-state index in [9.17, 15) is 14.7 Å². The molecule has 5 rings (SSSR count). The number of halogens is 1. The molecule has 3 N–H and O–H groups in total. The van der Waals surface area contributed by atoms with Gasteiger partial charge in [-0.2, -0.15) is 5.10 Å². The van der Waals surface area contributed by atoms with Crippen molar-refractivity contribution < 1.29 is 19.4 Å². The molecule has 0 bridgehead atoms. The van der Waals surface area contributed by atoms with Crippen molar-refractivity contribution in [2.45, 2.75) is 45.5 Å².